The number of hydrogen-bond donors (Lipinski definition) is 2. The molecule has 0 aliphatic heterocycles. The van der Waals surface area contributed by atoms with Gasteiger partial charge in [-0.15, -0.1) is 5.10 Å². The zero-order valence-corrected chi connectivity index (χ0v) is 16.1. The van der Waals surface area contributed by atoms with Gasteiger partial charge in [-0.25, -0.2) is 9.50 Å². The van der Waals surface area contributed by atoms with Crippen LogP contribution >= 0.6 is 0 Å². The summed E-state index contributed by atoms with van der Waals surface area (Å²) in [7, 11) is -3.48. The molecule has 0 saturated heterocycles. The van der Waals surface area contributed by atoms with Crippen LogP contribution in [0, 0.1) is 5.92 Å². The minimum Gasteiger partial charge on any atom is -0.481 e. The SMILES string of the molecule is CC(C)CC(C)(C(=O)O)c1cn2nc(NCCOS(C)(=O)=O)ccc2n1. The fourth-order valence-corrected chi connectivity index (χ4v) is 3.12. The Morgan fingerprint density at radius 2 is 2.12 bits per heavy atom. The van der Waals surface area contributed by atoms with Crippen LogP contribution in [0.25, 0.3) is 5.65 Å². The van der Waals surface area contributed by atoms with Gasteiger partial charge in [0, 0.05) is 6.54 Å². The lowest BCUT2D eigenvalue weighted by Crippen LogP contribution is -2.34. The second kappa shape index (κ2) is 7.58. The van der Waals surface area contributed by atoms with Crippen LogP contribution in [-0.4, -0.2) is 53.5 Å². The van der Waals surface area contributed by atoms with Crippen LogP contribution in [0.2, 0.25) is 0 Å². The number of imidazole rings is 1. The van der Waals surface area contributed by atoms with Gasteiger partial charge in [0.1, 0.15) is 11.2 Å². The second-order valence-electron chi connectivity index (χ2n) is 6.84. The van der Waals surface area contributed by atoms with Crippen LogP contribution in [0.1, 0.15) is 32.9 Å². The monoisotopic (exact) mass is 384 g/mol. The Labute approximate surface area is 152 Å². The van der Waals surface area contributed by atoms with Crippen molar-refractivity contribution in [2.75, 3.05) is 24.7 Å². The lowest BCUT2D eigenvalue weighted by atomic mass is 9.79. The highest BCUT2D eigenvalue weighted by Crippen LogP contribution is 2.31. The largest absolute Gasteiger partial charge is 0.481 e. The predicted molar refractivity (Wildman–Crippen MR) is 96.7 cm³/mol. The standard InChI is InChI=1S/C16H24N4O5S/c1-11(2)9-16(3,15(21)22)12-10-20-14(18-12)6-5-13(19-20)17-7-8-25-26(4,23)24/h5-6,10-11H,7-9H2,1-4H3,(H,17,19)(H,21,22). The highest BCUT2D eigenvalue weighted by molar-refractivity contribution is 7.85. The lowest BCUT2D eigenvalue weighted by Gasteiger charge is -2.24. The molecule has 2 aromatic rings. The Kier molecular flexibility index (Phi) is 5.87. The first kappa shape index (κ1) is 20.1. The van der Waals surface area contributed by atoms with Gasteiger partial charge in [-0.2, -0.15) is 8.42 Å². The van der Waals surface area contributed by atoms with Crippen molar-refractivity contribution in [1.82, 2.24) is 14.6 Å². The van der Waals surface area contributed by atoms with Crippen LogP contribution in [0.5, 0.6) is 0 Å². The highest BCUT2D eigenvalue weighted by atomic mass is 32.2. The minimum atomic E-state index is -3.48. The predicted octanol–water partition coefficient (Wildman–Crippen LogP) is 1.51. The number of hydrogen-bond acceptors (Lipinski definition) is 7. The van der Waals surface area contributed by atoms with Gasteiger partial charge >= 0.3 is 5.97 Å². The summed E-state index contributed by atoms with van der Waals surface area (Å²) < 4.78 is 28.0. The van der Waals surface area contributed by atoms with Crippen molar-refractivity contribution in [1.29, 1.82) is 0 Å². The van der Waals surface area contributed by atoms with E-state index in [0.717, 1.165) is 6.26 Å². The number of carbonyl (C=O) groups is 1. The normalized spacial score (nSPS) is 14.5. The molecule has 144 valence electrons. The summed E-state index contributed by atoms with van der Waals surface area (Å²) in [5.74, 6) is -0.230. The Morgan fingerprint density at radius 1 is 1.42 bits per heavy atom. The van der Waals surface area contributed by atoms with Crippen molar-refractivity contribution in [3.8, 4) is 0 Å². The summed E-state index contributed by atoms with van der Waals surface area (Å²) in [5, 5.41) is 17.0. The Hall–Kier alpha value is -2.20. The second-order valence-corrected chi connectivity index (χ2v) is 8.48. The summed E-state index contributed by atoms with van der Waals surface area (Å²) in [5.41, 5.74) is -0.114. The number of fused-ring (bicyclic) bond motifs is 1. The summed E-state index contributed by atoms with van der Waals surface area (Å²) in [6.45, 7) is 5.84. The maximum atomic E-state index is 11.8. The molecule has 2 rings (SSSR count). The Morgan fingerprint density at radius 3 is 2.69 bits per heavy atom. The average molecular weight is 384 g/mol. The molecular formula is C16H24N4O5S. The van der Waals surface area contributed by atoms with E-state index in [1.54, 1.807) is 25.3 Å². The molecule has 0 bridgehead atoms. The first-order valence-corrected chi connectivity index (χ1v) is 10.0. The van der Waals surface area contributed by atoms with Gasteiger partial charge in [0.25, 0.3) is 10.1 Å². The number of aromatic nitrogens is 3. The van der Waals surface area contributed by atoms with E-state index in [1.165, 1.54) is 4.52 Å². The Bertz CT molecular complexity index is 893. The van der Waals surface area contributed by atoms with Crippen LogP contribution < -0.4 is 5.32 Å². The summed E-state index contributed by atoms with van der Waals surface area (Å²) in [6, 6.07) is 3.40. The van der Waals surface area contributed by atoms with Crippen molar-refractivity contribution >= 4 is 27.6 Å². The summed E-state index contributed by atoms with van der Waals surface area (Å²) in [4.78, 5) is 16.2. The van der Waals surface area contributed by atoms with E-state index < -0.39 is 21.5 Å². The van der Waals surface area contributed by atoms with E-state index in [4.69, 9.17) is 0 Å². The van der Waals surface area contributed by atoms with Gasteiger partial charge in [-0.05, 0) is 31.4 Å². The van der Waals surface area contributed by atoms with Crippen molar-refractivity contribution < 1.29 is 22.5 Å². The first-order valence-electron chi connectivity index (χ1n) is 8.20. The van der Waals surface area contributed by atoms with Gasteiger partial charge < -0.3 is 10.4 Å². The van der Waals surface area contributed by atoms with Crippen molar-refractivity contribution in [3.63, 3.8) is 0 Å². The quantitative estimate of drug-likeness (QED) is 0.493. The fourth-order valence-electron chi connectivity index (χ4n) is 2.73. The maximum absolute atomic E-state index is 11.8. The molecule has 0 spiro atoms. The number of carboxylic acids is 1. The number of aliphatic carboxylic acids is 1. The van der Waals surface area contributed by atoms with Gasteiger partial charge in [-0.3, -0.25) is 8.98 Å². The molecule has 2 N–H and O–H groups in total. The van der Waals surface area contributed by atoms with Crippen molar-refractivity contribution in [2.24, 2.45) is 5.92 Å². The molecule has 0 aliphatic rings. The number of carboxylic acid groups (broad SMARTS) is 1. The molecule has 0 fully saturated rings. The molecule has 1 atom stereocenters. The van der Waals surface area contributed by atoms with Gasteiger partial charge in [0.05, 0.1) is 24.8 Å². The van der Waals surface area contributed by atoms with Crippen LogP contribution in [0.15, 0.2) is 18.3 Å². The van der Waals surface area contributed by atoms with Crippen LogP contribution in [0.3, 0.4) is 0 Å². The van der Waals surface area contributed by atoms with E-state index in [-0.39, 0.29) is 19.1 Å². The minimum absolute atomic E-state index is 0.0147. The number of nitrogens with zero attached hydrogens (tertiary/aromatic N) is 3. The van der Waals surface area contributed by atoms with E-state index in [0.29, 0.717) is 23.6 Å². The van der Waals surface area contributed by atoms with E-state index in [1.807, 2.05) is 13.8 Å². The third-order valence-electron chi connectivity index (χ3n) is 3.88. The molecule has 1 unspecified atom stereocenters. The topological polar surface area (TPSA) is 123 Å². The molecule has 0 aliphatic carbocycles. The third kappa shape index (κ3) is 4.92. The fraction of sp³-hybridized carbons (Fsp3) is 0.562. The lowest BCUT2D eigenvalue weighted by molar-refractivity contribution is -0.144. The van der Waals surface area contributed by atoms with Gasteiger partial charge in [-0.1, -0.05) is 13.8 Å². The summed E-state index contributed by atoms with van der Waals surface area (Å²) >= 11 is 0. The van der Waals surface area contributed by atoms with Crippen LogP contribution in [-0.2, 0) is 24.5 Å². The third-order valence-corrected chi connectivity index (χ3v) is 4.47. The maximum Gasteiger partial charge on any atom is 0.315 e. The molecule has 9 nitrogen and oxygen atoms in total. The summed E-state index contributed by atoms with van der Waals surface area (Å²) in [6.07, 6.45) is 3.06. The molecule has 0 aromatic carbocycles. The molecule has 0 saturated carbocycles. The number of anilines is 1. The van der Waals surface area contributed by atoms with E-state index >= 15 is 0 Å². The molecule has 2 heterocycles. The Balaban J connectivity index is 2.19. The van der Waals surface area contributed by atoms with Gasteiger partial charge in [0.15, 0.2) is 5.65 Å². The molecule has 26 heavy (non-hydrogen) atoms. The van der Waals surface area contributed by atoms with Crippen molar-refractivity contribution in [3.05, 3.63) is 24.0 Å². The molecule has 2 aromatic heterocycles. The van der Waals surface area contributed by atoms with E-state index in [9.17, 15) is 18.3 Å². The molecular weight excluding hydrogens is 360 g/mol. The van der Waals surface area contributed by atoms with Gasteiger partial charge in [0.2, 0.25) is 0 Å². The van der Waals surface area contributed by atoms with Crippen LogP contribution in [0.4, 0.5) is 5.82 Å². The first-order chi connectivity index (χ1) is 12.0. The highest BCUT2D eigenvalue weighted by Gasteiger charge is 2.38. The number of rotatable bonds is 9. The molecule has 0 radical (unpaired) electrons. The number of nitrogens with one attached hydrogen (secondary N) is 1. The zero-order chi connectivity index (χ0) is 19.5. The molecule has 10 heteroatoms. The molecule has 0 amide bonds. The van der Waals surface area contributed by atoms with Crippen molar-refractivity contribution in [2.45, 2.75) is 32.6 Å². The van der Waals surface area contributed by atoms with E-state index in [2.05, 4.69) is 19.6 Å². The average Bonchev–Trinajstić information content (AvgIpc) is 2.93. The zero-order valence-electron chi connectivity index (χ0n) is 15.3. The smallest absolute Gasteiger partial charge is 0.315 e.